The lowest BCUT2D eigenvalue weighted by Gasteiger charge is -2.30. The van der Waals surface area contributed by atoms with Crippen LogP contribution in [0.4, 0.5) is 0 Å². The Kier molecular flexibility index (Phi) is 34.9. The van der Waals surface area contributed by atoms with Crippen LogP contribution in [0.5, 0.6) is 0 Å². The monoisotopic (exact) mass is 747 g/mol. The van der Waals surface area contributed by atoms with Crippen molar-refractivity contribution in [2.45, 2.75) is 225 Å². The summed E-state index contributed by atoms with van der Waals surface area (Å²) in [6.07, 6.45) is 36.9. The molecular weight excluding hydrogens is 659 g/mol. The van der Waals surface area contributed by atoms with Gasteiger partial charge in [-0.3, -0.25) is 9.36 Å². The van der Waals surface area contributed by atoms with Gasteiger partial charge in [0, 0.05) is 6.42 Å². The molecule has 8 nitrogen and oxygen atoms in total. The van der Waals surface area contributed by atoms with Gasteiger partial charge in [-0.2, -0.15) is 0 Å². The quantitative estimate of drug-likeness (QED) is 0.0367. The first-order valence-corrected chi connectivity index (χ1v) is 23.3. The van der Waals surface area contributed by atoms with Gasteiger partial charge in [0.15, 0.2) is 0 Å². The molecule has 0 fully saturated rings. The maximum Gasteiger partial charge on any atom is 0.268 e. The van der Waals surface area contributed by atoms with Gasteiger partial charge >= 0.3 is 0 Å². The minimum atomic E-state index is -4.55. The summed E-state index contributed by atoms with van der Waals surface area (Å²) in [5, 5.41) is 13.8. The Bertz CT molecular complexity index is 809. The molecule has 2 N–H and O–H groups in total. The summed E-state index contributed by atoms with van der Waals surface area (Å²) in [6, 6.07) is -0.791. The molecule has 1 amide bonds. The molecule has 3 unspecified atom stereocenters. The van der Waals surface area contributed by atoms with Crippen LogP contribution in [-0.4, -0.2) is 68.5 Å². The molecule has 0 spiro atoms. The number of hydrogen-bond donors (Lipinski definition) is 2. The van der Waals surface area contributed by atoms with Gasteiger partial charge in [-0.25, -0.2) is 0 Å². The molecule has 0 rings (SSSR count). The molecule has 0 heterocycles. The van der Waals surface area contributed by atoms with E-state index in [1.807, 2.05) is 21.1 Å². The lowest BCUT2D eigenvalue weighted by molar-refractivity contribution is -0.870. The zero-order valence-electron chi connectivity index (χ0n) is 34.6. The number of carbonyl (C=O) groups excluding carboxylic acids is 1. The van der Waals surface area contributed by atoms with Gasteiger partial charge < -0.3 is 28.8 Å². The van der Waals surface area contributed by atoms with Gasteiger partial charge in [-0.05, 0) is 12.8 Å². The molecule has 0 saturated carbocycles. The second kappa shape index (κ2) is 35.2. The number of carbonyl (C=O) groups is 1. The second-order valence-electron chi connectivity index (χ2n) is 16.4. The molecule has 0 bridgehead atoms. The Morgan fingerprint density at radius 2 is 0.961 bits per heavy atom. The zero-order chi connectivity index (χ0) is 37.9. The molecule has 0 aliphatic rings. The van der Waals surface area contributed by atoms with Crippen LogP contribution in [0.2, 0.25) is 0 Å². The molecule has 0 aliphatic carbocycles. The molecule has 0 aromatic rings. The van der Waals surface area contributed by atoms with E-state index < -0.39 is 20.0 Å². The molecule has 0 aromatic heterocycles. The van der Waals surface area contributed by atoms with Crippen molar-refractivity contribution in [2.75, 3.05) is 40.9 Å². The van der Waals surface area contributed by atoms with Gasteiger partial charge in [0.1, 0.15) is 13.2 Å². The van der Waals surface area contributed by atoms with Crippen molar-refractivity contribution in [3.8, 4) is 0 Å². The SMILES string of the molecule is CCCCCCCCCCCCCCCCCCCCCCCC(O)C(COP(=O)([O-])OCC[N+](C)(C)C)NC(=O)CCCCCCCCCC. The predicted molar refractivity (Wildman–Crippen MR) is 215 cm³/mol. The Morgan fingerprint density at radius 3 is 1.33 bits per heavy atom. The number of phosphoric ester groups is 1. The average molecular weight is 747 g/mol. The number of likely N-dealkylation sites (N-methyl/N-ethyl adjacent to an activating group) is 1. The van der Waals surface area contributed by atoms with Gasteiger partial charge in [0.25, 0.3) is 7.82 Å². The van der Waals surface area contributed by atoms with E-state index in [0.717, 1.165) is 38.5 Å². The highest BCUT2D eigenvalue weighted by atomic mass is 31.2. The third-order valence-corrected chi connectivity index (χ3v) is 11.1. The van der Waals surface area contributed by atoms with Crippen LogP contribution in [0.3, 0.4) is 0 Å². The van der Waals surface area contributed by atoms with Crippen molar-refractivity contribution in [1.29, 1.82) is 0 Å². The van der Waals surface area contributed by atoms with Gasteiger partial charge in [-0.1, -0.05) is 194 Å². The highest BCUT2D eigenvalue weighted by Gasteiger charge is 2.24. The molecule has 306 valence electrons. The lowest BCUT2D eigenvalue weighted by Crippen LogP contribution is -2.46. The average Bonchev–Trinajstić information content (AvgIpc) is 3.07. The highest BCUT2D eigenvalue weighted by Crippen LogP contribution is 2.38. The zero-order valence-corrected chi connectivity index (χ0v) is 35.5. The molecule has 0 aromatic carbocycles. The largest absolute Gasteiger partial charge is 0.756 e. The van der Waals surface area contributed by atoms with E-state index in [9.17, 15) is 19.4 Å². The van der Waals surface area contributed by atoms with Gasteiger partial charge in [0.2, 0.25) is 5.91 Å². The van der Waals surface area contributed by atoms with Crippen molar-refractivity contribution in [3.05, 3.63) is 0 Å². The van der Waals surface area contributed by atoms with E-state index >= 15 is 0 Å². The molecule has 3 atom stereocenters. The number of aliphatic hydroxyl groups is 1. The summed E-state index contributed by atoms with van der Waals surface area (Å²) in [5.74, 6) is -0.167. The number of rotatable bonds is 40. The van der Waals surface area contributed by atoms with E-state index in [1.165, 1.54) is 148 Å². The fraction of sp³-hybridized carbons (Fsp3) is 0.976. The topological polar surface area (TPSA) is 108 Å². The fourth-order valence-electron chi connectivity index (χ4n) is 6.57. The van der Waals surface area contributed by atoms with Crippen LogP contribution in [0, 0.1) is 0 Å². The summed E-state index contributed by atoms with van der Waals surface area (Å²) < 4.78 is 23.2. The van der Waals surface area contributed by atoms with Crippen molar-refractivity contribution in [3.63, 3.8) is 0 Å². The predicted octanol–water partition coefficient (Wildman–Crippen LogP) is 11.2. The fourth-order valence-corrected chi connectivity index (χ4v) is 7.29. The first-order chi connectivity index (χ1) is 24.5. The van der Waals surface area contributed by atoms with Crippen molar-refractivity contribution >= 4 is 13.7 Å². The Morgan fingerprint density at radius 1 is 0.608 bits per heavy atom. The maximum atomic E-state index is 12.7. The smallest absolute Gasteiger partial charge is 0.268 e. The number of unbranched alkanes of at least 4 members (excludes halogenated alkanes) is 27. The third-order valence-electron chi connectivity index (χ3n) is 10.1. The van der Waals surface area contributed by atoms with Crippen LogP contribution in [0.25, 0.3) is 0 Å². The first kappa shape index (κ1) is 50.5. The first-order valence-electron chi connectivity index (χ1n) is 21.9. The number of nitrogens with one attached hydrogen (secondary N) is 1. The minimum Gasteiger partial charge on any atom is -0.756 e. The van der Waals surface area contributed by atoms with Gasteiger partial charge in [0.05, 0.1) is 39.9 Å². The summed E-state index contributed by atoms with van der Waals surface area (Å²) in [4.78, 5) is 25.2. The maximum absolute atomic E-state index is 12.7. The summed E-state index contributed by atoms with van der Waals surface area (Å²) >= 11 is 0. The Balaban J connectivity index is 4.19. The number of amides is 1. The molecule has 9 heteroatoms. The van der Waals surface area contributed by atoms with E-state index in [0.29, 0.717) is 23.9 Å². The normalized spacial score (nSPS) is 14.4. The number of phosphoric acid groups is 1. The highest BCUT2D eigenvalue weighted by molar-refractivity contribution is 7.45. The lowest BCUT2D eigenvalue weighted by atomic mass is 10.0. The van der Waals surface area contributed by atoms with Crippen LogP contribution in [0.15, 0.2) is 0 Å². The molecule has 0 radical (unpaired) electrons. The van der Waals surface area contributed by atoms with Crippen LogP contribution in [0.1, 0.15) is 213 Å². The van der Waals surface area contributed by atoms with Crippen molar-refractivity contribution in [1.82, 2.24) is 5.32 Å². The molecule has 51 heavy (non-hydrogen) atoms. The van der Waals surface area contributed by atoms with E-state index in [-0.39, 0.29) is 19.1 Å². The number of nitrogens with zero attached hydrogens (tertiary/aromatic N) is 1. The van der Waals surface area contributed by atoms with Crippen LogP contribution in [-0.2, 0) is 18.4 Å². The van der Waals surface area contributed by atoms with Crippen LogP contribution < -0.4 is 10.2 Å². The second-order valence-corrected chi connectivity index (χ2v) is 17.8. The van der Waals surface area contributed by atoms with Crippen molar-refractivity contribution in [2.24, 2.45) is 0 Å². The standard InChI is InChI=1S/C42H87N2O6P/c1-6-8-10-12-14-16-17-18-19-20-21-22-23-24-25-26-27-28-29-31-33-35-41(45)40(39-50-51(47,48)49-38-37-44(3,4)5)43-42(46)36-34-32-30-15-13-11-9-7-2/h40-41,45H,6-39H2,1-5H3,(H-,43,46,47,48). The number of quaternary nitrogens is 1. The molecule has 0 aliphatic heterocycles. The Labute approximate surface area is 317 Å². The summed E-state index contributed by atoms with van der Waals surface area (Å²) in [5.41, 5.74) is 0. The van der Waals surface area contributed by atoms with E-state index in [4.69, 9.17) is 9.05 Å². The Hall–Kier alpha value is -0.500. The van der Waals surface area contributed by atoms with Crippen LogP contribution >= 0.6 is 7.82 Å². The summed E-state index contributed by atoms with van der Waals surface area (Å²) in [6.45, 7) is 4.70. The van der Waals surface area contributed by atoms with E-state index in [2.05, 4.69) is 19.2 Å². The number of aliphatic hydroxyl groups excluding tert-OH is 1. The number of hydrogen-bond acceptors (Lipinski definition) is 6. The molecule has 0 saturated heterocycles. The van der Waals surface area contributed by atoms with E-state index in [1.54, 1.807) is 0 Å². The third kappa shape index (κ3) is 37.6. The van der Waals surface area contributed by atoms with Gasteiger partial charge in [-0.15, -0.1) is 0 Å². The summed E-state index contributed by atoms with van der Waals surface area (Å²) in [7, 11) is 1.31. The van der Waals surface area contributed by atoms with Crippen molar-refractivity contribution < 1.29 is 32.9 Å². The minimum absolute atomic E-state index is 0.0156. The molecular formula is C42H87N2O6P.